The van der Waals surface area contributed by atoms with Gasteiger partial charge in [-0.25, -0.2) is 4.79 Å². The normalized spacial score (nSPS) is 10.1. The molecule has 0 aliphatic carbocycles. The molecular weight excluding hydrogens is 186 g/mol. The SMILES string of the molecule is COCCn1cccc(C(=O)O)c1=O. The van der Waals surface area contributed by atoms with Crippen molar-refractivity contribution in [1.29, 1.82) is 0 Å². The van der Waals surface area contributed by atoms with E-state index in [9.17, 15) is 9.59 Å². The van der Waals surface area contributed by atoms with Crippen LogP contribution in [0.1, 0.15) is 10.4 Å². The van der Waals surface area contributed by atoms with E-state index < -0.39 is 11.5 Å². The molecule has 0 radical (unpaired) electrons. The molecule has 0 fully saturated rings. The Bertz CT molecular complexity index is 383. The molecule has 0 amide bonds. The molecule has 1 aromatic heterocycles. The quantitative estimate of drug-likeness (QED) is 0.748. The highest BCUT2D eigenvalue weighted by Crippen LogP contribution is 1.91. The minimum Gasteiger partial charge on any atom is -0.477 e. The van der Waals surface area contributed by atoms with Crippen molar-refractivity contribution >= 4 is 5.97 Å². The van der Waals surface area contributed by atoms with Gasteiger partial charge in [0.25, 0.3) is 5.56 Å². The number of hydrogen-bond donors (Lipinski definition) is 1. The maximum atomic E-state index is 11.4. The molecule has 5 nitrogen and oxygen atoms in total. The van der Waals surface area contributed by atoms with Crippen molar-refractivity contribution in [2.45, 2.75) is 6.54 Å². The second-order valence-corrected chi connectivity index (χ2v) is 2.72. The molecule has 1 rings (SSSR count). The minimum absolute atomic E-state index is 0.219. The summed E-state index contributed by atoms with van der Waals surface area (Å²) in [5.41, 5.74) is -0.722. The van der Waals surface area contributed by atoms with Crippen LogP contribution in [-0.4, -0.2) is 29.4 Å². The van der Waals surface area contributed by atoms with Crippen LogP contribution in [-0.2, 0) is 11.3 Å². The third-order valence-electron chi connectivity index (χ3n) is 1.79. The van der Waals surface area contributed by atoms with E-state index in [0.717, 1.165) is 0 Å². The number of hydrogen-bond acceptors (Lipinski definition) is 3. The van der Waals surface area contributed by atoms with Crippen molar-refractivity contribution in [3.63, 3.8) is 0 Å². The fraction of sp³-hybridized carbons (Fsp3) is 0.333. The maximum absolute atomic E-state index is 11.4. The number of rotatable bonds is 4. The van der Waals surface area contributed by atoms with Crippen molar-refractivity contribution in [3.8, 4) is 0 Å². The smallest absolute Gasteiger partial charge is 0.341 e. The number of nitrogens with zero attached hydrogens (tertiary/aromatic N) is 1. The van der Waals surface area contributed by atoms with Crippen LogP contribution in [0.5, 0.6) is 0 Å². The second kappa shape index (κ2) is 4.57. The van der Waals surface area contributed by atoms with Gasteiger partial charge >= 0.3 is 5.97 Å². The average Bonchev–Trinajstić information content (AvgIpc) is 2.16. The van der Waals surface area contributed by atoms with Gasteiger partial charge in [0.05, 0.1) is 6.61 Å². The largest absolute Gasteiger partial charge is 0.477 e. The van der Waals surface area contributed by atoms with E-state index in [1.54, 1.807) is 0 Å². The van der Waals surface area contributed by atoms with Crippen molar-refractivity contribution in [2.24, 2.45) is 0 Å². The van der Waals surface area contributed by atoms with Crippen molar-refractivity contribution in [2.75, 3.05) is 13.7 Å². The third kappa shape index (κ3) is 2.20. The molecule has 14 heavy (non-hydrogen) atoms. The van der Waals surface area contributed by atoms with Crippen LogP contribution in [0, 0.1) is 0 Å². The highest BCUT2D eigenvalue weighted by molar-refractivity contribution is 5.86. The van der Waals surface area contributed by atoms with Crippen LogP contribution in [0.4, 0.5) is 0 Å². The molecule has 0 bridgehead atoms. The molecule has 0 atom stereocenters. The van der Waals surface area contributed by atoms with Crippen molar-refractivity contribution < 1.29 is 14.6 Å². The summed E-state index contributed by atoms with van der Waals surface area (Å²) in [5.74, 6) is -1.21. The molecule has 0 saturated carbocycles. The summed E-state index contributed by atoms with van der Waals surface area (Å²) in [6.45, 7) is 0.736. The van der Waals surface area contributed by atoms with Gasteiger partial charge in [0.15, 0.2) is 0 Å². The first kappa shape index (κ1) is 10.5. The topological polar surface area (TPSA) is 68.5 Å². The van der Waals surface area contributed by atoms with Gasteiger partial charge in [-0.1, -0.05) is 0 Å². The highest BCUT2D eigenvalue weighted by atomic mass is 16.5. The molecule has 0 aliphatic heterocycles. The first-order valence-electron chi connectivity index (χ1n) is 4.08. The maximum Gasteiger partial charge on any atom is 0.341 e. The number of carbonyl (C=O) groups is 1. The van der Waals surface area contributed by atoms with Gasteiger partial charge in [0.1, 0.15) is 5.56 Å². The summed E-state index contributed by atoms with van der Waals surface area (Å²) in [6.07, 6.45) is 1.54. The van der Waals surface area contributed by atoms with E-state index in [-0.39, 0.29) is 5.56 Å². The van der Waals surface area contributed by atoms with Crippen LogP contribution in [0.15, 0.2) is 23.1 Å². The van der Waals surface area contributed by atoms with Gasteiger partial charge in [-0.3, -0.25) is 4.79 Å². The first-order valence-corrected chi connectivity index (χ1v) is 4.08. The molecule has 1 heterocycles. The first-order chi connectivity index (χ1) is 6.66. The number of carboxylic acids is 1. The van der Waals surface area contributed by atoms with E-state index in [0.29, 0.717) is 13.2 Å². The predicted molar refractivity (Wildman–Crippen MR) is 49.5 cm³/mol. The number of aromatic carboxylic acids is 1. The van der Waals surface area contributed by atoms with Crippen molar-refractivity contribution in [3.05, 3.63) is 34.2 Å². The molecule has 1 N–H and O–H groups in total. The summed E-state index contributed by atoms with van der Waals surface area (Å²) in [4.78, 5) is 22.0. The van der Waals surface area contributed by atoms with Gasteiger partial charge < -0.3 is 14.4 Å². The Morgan fingerprint density at radius 2 is 2.36 bits per heavy atom. The molecule has 1 aromatic rings. The Morgan fingerprint density at radius 3 is 2.93 bits per heavy atom. The van der Waals surface area contributed by atoms with E-state index in [2.05, 4.69) is 0 Å². The van der Waals surface area contributed by atoms with Gasteiger partial charge in [-0.2, -0.15) is 0 Å². The van der Waals surface area contributed by atoms with Gasteiger partial charge in [0, 0.05) is 19.9 Å². The molecule has 76 valence electrons. The molecule has 0 aromatic carbocycles. The lowest BCUT2D eigenvalue weighted by Gasteiger charge is -2.04. The van der Waals surface area contributed by atoms with E-state index in [1.165, 1.54) is 30.0 Å². The number of methoxy groups -OCH3 is 1. The lowest BCUT2D eigenvalue weighted by atomic mass is 10.3. The summed E-state index contributed by atoms with van der Waals surface area (Å²) in [6, 6.07) is 2.81. The van der Waals surface area contributed by atoms with Crippen LogP contribution in [0.25, 0.3) is 0 Å². The van der Waals surface area contributed by atoms with Crippen LogP contribution in [0.2, 0.25) is 0 Å². The standard InChI is InChI=1S/C9H11NO4/c1-14-6-5-10-4-2-3-7(8(10)11)9(12)13/h2-4H,5-6H2,1H3,(H,12,13). The fourth-order valence-electron chi connectivity index (χ4n) is 1.07. The van der Waals surface area contributed by atoms with E-state index >= 15 is 0 Å². The summed E-state index contributed by atoms with van der Waals surface area (Å²) in [5, 5.41) is 8.67. The van der Waals surface area contributed by atoms with Gasteiger partial charge in [0.2, 0.25) is 0 Å². The van der Waals surface area contributed by atoms with E-state index in [1.807, 2.05) is 0 Å². The molecule has 0 unspecified atom stereocenters. The zero-order chi connectivity index (χ0) is 10.6. The zero-order valence-electron chi connectivity index (χ0n) is 7.77. The van der Waals surface area contributed by atoms with Gasteiger partial charge in [-0.15, -0.1) is 0 Å². The zero-order valence-corrected chi connectivity index (χ0v) is 7.77. The Labute approximate surface area is 80.6 Å². The Morgan fingerprint density at radius 1 is 1.64 bits per heavy atom. The summed E-state index contributed by atoms with van der Waals surface area (Å²) in [7, 11) is 1.52. The monoisotopic (exact) mass is 197 g/mol. The summed E-state index contributed by atoms with van der Waals surface area (Å²) >= 11 is 0. The third-order valence-corrected chi connectivity index (χ3v) is 1.79. The molecule has 0 spiro atoms. The van der Waals surface area contributed by atoms with Crippen LogP contribution < -0.4 is 5.56 Å². The fourth-order valence-corrected chi connectivity index (χ4v) is 1.07. The Balaban J connectivity index is 3.02. The predicted octanol–water partition coefficient (Wildman–Crippen LogP) is 0.193. The van der Waals surface area contributed by atoms with Crippen molar-refractivity contribution in [1.82, 2.24) is 4.57 Å². The Kier molecular flexibility index (Phi) is 3.41. The number of aromatic nitrogens is 1. The van der Waals surface area contributed by atoms with Crippen LogP contribution >= 0.6 is 0 Å². The van der Waals surface area contributed by atoms with Crippen LogP contribution in [0.3, 0.4) is 0 Å². The number of pyridine rings is 1. The summed E-state index contributed by atoms with van der Waals surface area (Å²) < 4.78 is 6.11. The average molecular weight is 197 g/mol. The van der Waals surface area contributed by atoms with E-state index in [4.69, 9.17) is 9.84 Å². The lowest BCUT2D eigenvalue weighted by molar-refractivity contribution is 0.0694. The molecule has 5 heteroatoms. The molecular formula is C9H11NO4. The number of carboxylic acid groups (broad SMARTS) is 1. The second-order valence-electron chi connectivity index (χ2n) is 2.72. The molecule has 0 saturated heterocycles. The lowest BCUT2D eigenvalue weighted by Crippen LogP contribution is -2.26. The minimum atomic E-state index is -1.21. The Hall–Kier alpha value is -1.62. The number of ether oxygens (including phenoxy) is 1. The molecule has 0 aliphatic rings. The van der Waals surface area contributed by atoms with Gasteiger partial charge in [-0.05, 0) is 12.1 Å². The highest BCUT2D eigenvalue weighted by Gasteiger charge is 2.09.